The lowest BCUT2D eigenvalue weighted by atomic mass is 9.98. The summed E-state index contributed by atoms with van der Waals surface area (Å²) in [5, 5.41) is -0.0455. The van der Waals surface area contributed by atoms with Crippen molar-refractivity contribution in [3.05, 3.63) is 115 Å². The number of halogens is 3. The lowest BCUT2D eigenvalue weighted by molar-refractivity contribution is -0.137. The van der Waals surface area contributed by atoms with Crippen LogP contribution < -0.4 is 11.2 Å². The molecule has 1 aliphatic heterocycles. The van der Waals surface area contributed by atoms with Crippen molar-refractivity contribution in [1.82, 2.24) is 18.9 Å². The Labute approximate surface area is 269 Å². The molecule has 1 aromatic heterocycles. The normalized spacial score (nSPS) is 14.2. The number of amides is 1. The highest BCUT2D eigenvalue weighted by Crippen LogP contribution is 2.33. The van der Waals surface area contributed by atoms with Crippen molar-refractivity contribution in [3.8, 4) is 5.69 Å². The summed E-state index contributed by atoms with van der Waals surface area (Å²) in [7, 11) is 0. The number of esters is 1. The highest BCUT2D eigenvalue weighted by atomic mass is 19.4. The predicted molar refractivity (Wildman–Crippen MR) is 173 cm³/mol. The quantitative estimate of drug-likeness (QED) is 0.201. The highest BCUT2D eigenvalue weighted by Gasteiger charge is 2.35. The summed E-state index contributed by atoms with van der Waals surface area (Å²) in [5.74, 6) is -0.788. The topological polar surface area (TPSA) is 93.8 Å². The molecule has 1 saturated heterocycles. The van der Waals surface area contributed by atoms with E-state index < -0.39 is 34.6 Å². The fourth-order valence-corrected chi connectivity index (χ4v) is 5.99. The Bertz CT molecular complexity index is 1960. The van der Waals surface area contributed by atoms with Crippen molar-refractivity contribution in [3.63, 3.8) is 0 Å². The van der Waals surface area contributed by atoms with Crippen LogP contribution in [0.3, 0.4) is 0 Å². The molecule has 3 aromatic carbocycles. The van der Waals surface area contributed by atoms with E-state index in [9.17, 15) is 32.3 Å². The number of ether oxygens (including phenoxy) is 1. The molecule has 2 heterocycles. The number of rotatable bonds is 8. The molecule has 5 rings (SSSR count). The van der Waals surface area contributed by atoms with Crippen LogP contribution in [0.1, 0.15) is 39.5 Å². The maximum atomic E-state index is 14.1. The van der Waals surface area contributed by atoms with Crippen LogP contribution in [0.2, 0.25) is 0 Å². The van der Waals surface area contributed by atoms with Crippen molar-refractivity contribution >= 4 is 28.9 Å². The number of aryl methyl sites for hydroxylation is 2. The number of nitrogens with zero attached hydrogens (tertiary/aromatic N) is 4. The first-order chi connectivity index (χ1) is 22.4. The molecule has 0 saturated carbocycles. The molecule has 0 bridgehead atoms. The Morgan fingerprint density at radius 1 is 0.915 bits per heavy atom. The number of hydrogen-bond acceptors (Lipinski definition) is 6. The van der Waals surface area contributed by atoms with Gasteiger partial charge in [-0.15, -0.1) is 0 Å². The molecule has 0 atom stereocenters. The van der Waals surface area contributed by atoms with Gasteiger partial charge in [-0.1, -0.05) is 42.5 Å². The zero-order valence-electron chi connectivity index (χ0n) is 26.3. The van der Waals surface area contributed by atoms with Gasteiger partial charge in [0.15, 0.2) is 0 Å². The number of piperazine rings is 1. The number of carbonyl (C=O) groups is 2. The first-order valence-corrected chi connectivity index (χ1v) is 15.3. The van der Waals surface area contributed by atoms with Gasteiger partial charge in [0.05, 0.1) is 34.3 Å². The first kappa shape index (κ1) is 33.4. The minimum Gasteiger partial charge on any atom is -0.462 e. The van der Waals surface area contributed by atoms with E-state index in [1.807, 2.05) is 30.3 Å². The molecule has 1 amide bonds. The van der Waals surface area contributed by atoms with Crippen LogP contribution in [0.25, 0.3) is 22.7 Å². The molecule has 0 unspecified atom stereocenters. The largest absolute Gasteiger partial charge is 0.462 e. The Morgan fingerprint density at radius 3 is 2.23 bits per heavy atom. The molecular formula is C35H35F3N4O5. The van der Waals surface area contributed by atoms with Crippen LogP contribution >= 0.6 is 0 Å². The molecular weight excluding hydrogens is 613 g/mol. The summed E-state index contributed by atoms with van der Waals surface area (Å²) in [4.78, 5) is 57.4. The smallest absolute Gasteiger partial charge is 0.418 e. The van der Waals surface area contributed by atoms with E-state index in [4.69, 9.17) is 4.74 Å². The molecule has 0 N–H and O–H groups in total. The molecule has 0 radical (unpaired) electrons. The van der Waals surface area contributed by atoms with E-state index in [2.05, 4.69) is 4.90 Å². The summed E-state index contributed by atoms with van der Waals surface area (Å²) in [6, 6.07) is 15.4. The van der Waals surface area contributed by atoms with Crippen LogP contribution in [0, 0.1) is 13.8 Å². The predicted octanol–water partition coefficient (Wildman–Crippen LogP) is 4.82. The number of fused-ring (bicyclic) bond motifs is 1. The first-order valence-electron chi connectivity index (χ1n) is 15.3. The summed E-state index contributed by atoms with van der Waals surface area (Å²) in [5.41, 5.74) is -1.70. The average molecular weight is 649 g/mol. The highest BCUT2D eigenvalue weighted by molar-refractivity contribution is 5.99. The number of aromatic nitrogens is 2. The Kier molecular flexibility index (Phi) is 9.80. The molecule has 1 fully saturated rings. The van der Waals surface area contributed by atoms with Gasteiger partial charge < -0.3 is 9.64 Å². The molecule has 9 nitrogen and oxygen atoms in total. The molecule has 1 aliphatic rings. The van der Waals surface area contributed by atoms with Gasteiger partial charge in [-0.25, -0.2) is 14.2 Å². The maximum absolute atomic E-state index is 14.1. The van der Waals surface area contributed by atoms with Crippen molar-refractivity contribution in [2.45, 2.75) is 33.5 Å². The number of hydrogen-bond donors (Lipinski definition) is 0. The zero-order valence-corrected chi connectivity index (χ0v) is 26.3. The second-order valence-electron chi connectivity index (χ2n) is 11.3. The van der Waals surface area contributed by atoms with Crippen molar-refractivity contribution in [2.24, 2.45) is 0 Å². The van der Waals surface area contributed by atoms with Crippen LogP contribution in [0.15, 0.2) is 76.3 Å². The second kappa shape index (κ2) is 13.8. The van der Waals surface area contributed by atoms with Gasteiger partial charge in [0, 0.05) is 45.3 Å². The molecule has 12 heteroatoms. The third kappa shape index (κ3) is 6.92. The van der Waals surface area contributed by atoms with Gasteiger partial charge in [0.1, 0.15) is 0 Å². The maximum Gasteiger partial charge on any atom is 0.418 e. The van der Waals surface area contributed by atoms with Gasteiger partial charge in [-0.3, -0.25) is 19.1 Å². The molecule has 4 aromatic rings. The van der Waals surface area contributed by atoms with Crippen LogP contribution in [0.4, 0.5) is 13.2 Å². The van der Waals surface area contributed by atoms with Crippen molar-refractivity contribution < 1.29 is 27.5 Å². The van der Waals surface area contributed by atoms with Gasteiger partial charge in [-0.05, 0) is 61.7 Å². The molecule has 0 spiro atoms. The van der Waals surface area contributed by atoms with E-state index in [1.54, 1.807) is 24.8 Å². The number of carbonyl (C=O) groups excluding carboxylic acids is 2. The zero-order chi connectivity index (χ0) is 33.9. The fraction of sp³-hybridized carbons (Fsp3) is 0.314. The van der Waals surface area contributed by atoms with Gasteiger partial charge >= 0.3 is 17.8 Å². The van der Waals surface area contributed by atoms with E-state index in [-0.39, 0.29) is 41.1 Å². The number of alkyl halides is 3. The van der Waals surface area contributed by atoms with Gasteiger partial charge in [-0.2, -0.15) is 13.2 Å². The number of benzene rings is 3. The second-order valence-corrected chi connectivity index (χ2v) is 11.3. The van der Waals surface area contributed by atoms with E-state index in [0.717, 1.165) is 17.7 Å². The monoisotopic (exact) mass is 648 g/mol. The van der Waals surface area contributed by atoms with Gasteiger partial charge in [0.2, 0.25) is 5.91 Å². The lowest BCUT2D eigenvalue weighted by Gasteiger charge is -2.34. The van der Waals surface area contributed by atoms with E-state index in [1.165, 1.54) is 35.8 Å². The van der Waals surface area contributed by atoms with E-state index >= 15 is 0 Å². The van der Waals surface area contributed by atoms with Crippen LogP contribution in [0.5, 0.6) is 0 Å². The summed E-state index contributed by atoms with van der Waals surface area (Å²) in [6.45, 7) is 7.21. The third-order valence-electron chi connectivity index (χ3n) is 8.36. The standard InChI is InChI=1S/C35H35F3N4O5/c1-4-47-33(45)30-23(2)22-28-31(24(30)3)32(44)42(27-13-9-8-12-26(27)35(36,37)38)34(46)41(28)21-18-39-16-19-40(20-17-39)29(43)15-14-25-10-6-5-7-11-25/h5-15,22H,4,16-21H2,1-3H3. The Hall–Kier alpha value is -4.97. The fourth-order valence-electron chi connectivity index (χ4n) is 5.99. The van der Waals surface area contributed by atoms with E-state index in [0.29, 0.717) is 42.9 Å². The van der Waals surface area contributed by atoms with Crippen molar-refractivity contribution in [1.29, 1.82) is 0 Å². The summed E-state index contributed by atoms with van der Waals surface area (Å²) >= 11 is 0. The third-order valence-corrected chi connectivity index (χ3v) is 8.36. The minimum atomic E-state index is -4.84. The SMILES string of the molecule is CCOC(=O)c1c(C)cc2c(c1C)c(=O)n(-c1ccccc1C(F)(F)F)c(=O)n2CCN1CCN(C(=O)C=Cc2ccccc2)CC1. The summed E-state index contributed by atoms with van der Waals surface area (Å²) < 4.78 is 49.3. The Morgan fingerprint density at radius 2 is 1.57 bits per heavy atom. The van der Waals surface area contributed by atoms with Crippen molar-refractivity contribution in [2.75, 3.05) is 39.3 Å². The Balaban J connectivity index is 1.50. The number of para-hydroxylation sites is 1. The van der Waals surface area contributed by atoms with Crippen LogP contribution in [-0.2, 0) is 22.3 Å². The average Bonchev–Trinajstić information content (AvgIpc) is 3.04. The molecule has 246 valence electrons. The minimum absolute atomic E-state index is 0.0449. The lowest BCUT2D eigenvalue weighted by Crippen LogP contribution is -2.49. The van der Waals surface area contributed by atoms with Crippen LogP contribution in [-0.4, -0.2) is 70.1 Å². The molecule has 0 aliphatic carbocycles. The molecule has 47 heavy (non-hydrogen) atoms. The van der Waals surface area contributed by atoms with Gasteiger partial charge in [0.25, 0.3) is 5.56 Å². The summed E-state index contributed by atoms with van der Waals surface area (Å²) in [6.07, 6.45) is -1.54.